The highest BCUT2D eigenvalue weighted by Gasteiger charge is 2.30. The molecule has 13 heteroatoms. The van der Waals surface area contributed by atoms with Crippen molar-refractivity contribution in [2.24, 2.45) is 0 Å². The van der Waals surface area contributed by atoms with E-state index in [1.165, 1.54) is 18.2 Å². The molecule has 276 valence electrons. The number of hydrogen-bond donors (Lipinski definition) is 4. The average molecular weight is 769 g/mol. The first-order valence-corrected chi connectivity index (χ1v) is 19.5. The van der Waals surface area contributed by atoms with Crippen LogP contribution >= 0.6 is 0 Å². The average Bonchev–Trinajstić information content (AvgIpc) is 3.17. The minimum atomic E-state index is -4.43. The van der Waals surface area contributed by atoms with Gasteiger partial charge in [0.05, 0.1) is 15.4 Å². The van der Waals surface area contributed by atoms with Crippen molar-refractivity contribution >= 4 is 53.0 Å². The molecule has 0 amide bonds. The van der Waals surface area contributed by atoms with Gasteiger partial charge in [-0.25, -0.2) is 26.3 Å². The van der Waals surface area contributed by atoms with Crippen LogP contribution in [0, 0.1) is 0 Å². The molecule has 54 heavy (non-hydrogen) atoms. The Kier molecular flexibility index (Phi) is 11.1. The van der Waals surface area contributed by atoms with Crippen LogP contribution in [0.4, 0.5) is 24.5 Å². The minimum Gasteiger partial charge on any atom is -0.398 e. The summed E-state index contributed by atoms with van der Waals surface area (Å²) in [5.41, 5.74) is 15.6. The molecule has 0 saturated carbocycles. The number of hydrogen-bond acceptors (Lipinski definition) is 6. The first-order valence-electron chi connectivity index (χ1n) is 16.6. The van der Waals surface area contributed by atoms with Crippen molar-refractivity contribution < 1.29 is 30.0 Å². The van der Waals surface area contributed by atoms with Gasteiger partial charge in [-0.15, -0.1) is 0 Å². The Bertz CT molecular complexity index is 2640. The Morgan fingerprint density at radius 1 is 0.444 bits per heavy atom. The van der Waals surface area contributed by atoms with Crippen LogP contribution in [0.2, 0.25) is 0 Å². The van der Waals surface area contributed by atoms with Crippen LogP contribution in [0.3, 0.4) is 0 Å². The summed E-state index contributed by atoms with van der Waals surface area (Å²) in [6.07, 6.45) is -4.43. The number of sulfonamides is 2. The molecule has 0 heterocycles. The van der Waals surface area contributed by atoms with Gasteiger partial charge in [0.25, 0.3) is 0 Å². The number of nitrogens with one attached hydrogen (secondary N) is 2. The summed E-state index contributed by atoms with van der Waals surface area (Å²) in [6.45, 7) is 0.0925. The van der Waals surface area contributed by atoms with Gasteiger partial charge < -0.3 is 11.5 Å². The van der Waals surface area contributed by atoms with Crippen molar-refractivity contribution in [3.63, 3.8) is 0 Å². The third-order valence-corrected chi connectivity index (χ3v) is 11.6. The zero-order valence-corrected chi connectivity index (χ0v) is 30.2. The van der Waals surface area contributed by atoms with Crippen LogP contribution in [0.25, 0.3) is 32.7 Å². The molecule has 6 N–H and O–H groups in total. The van der Waals surface area contributed by atoms with Crippen LogP contribution in [0.1, 0.15) is 16.7 Å². The Hall–Kier alpha value is -5.73. The zero-order valence-electron chi connectivity index (χ0n) is 28.6. The van der Waals surface area contributed by atoms with Gasteiger partial charge in [-0.05, 0) is 58.7 Å². The van der Waals surface area contributed by atoms with E-state index in [2.05, 4.69) is 9.44 Å². The lowest BCUT2D eigenvalue weighted by atomic mass is 10.0. The fraction of sp³-hybridized carbons (Fsp3) is 0.0732. The van der Waals surface area contributed by atoms with E-state index >= 15 is 0 Å². The Morgan fingerprint density at radius 2 is 0.833 bits per heavy atom. The third-order valence-electron chi connectivity index (χ3n) is 8.69. The van der Waals surface area contributed by atoms with E-state index in [1.54, 1.807) is 60.7 Å². The molecule has 7 aromatic rings. The molecular weight excluding hydrogens is 734 g/mol. The number of rotatable bonds is 9. The normalized spacial score (nSPS) is 12.0. The molecule has 7 aromatic carbocycles. The number of alkyl halides is 3. The highest BCUT2D eigenvalue weighted by molar-refractivity contribution is 7.90. The summed E-state index contributed by atoms with van der Waals surface area (Å²) in [6, 6.07) is 42.4. The fourth-order valence-electron chi connectivity index (χ4n) is 5.85. The lowest BCUT2D eigenvalue weighted by Crippen LogP contribution is -2.23. The first-order chi connectivity index (χ1) is 25.7. The second kappa shape index (κ2) is 15.7. The summed E-state index contributed by atoms with van der Waals surface area (Å²) >= 11 is 0. The van der Waals surface area contributed by atoms with Gasteiger partial charge in [0.2, 0.25) is 20.0 Å². The Labute approximate surface area is 311 Å². The lowest BCUT2D eigenvalue weighted by molar-refractivity contribution is -0.137. The van der Waals surface area contributed by atoms with Gasteiger partial charge in [-0.2, -0.15) is 13.2 Å². The van der Waals surface area contributed by atoms with Crippen LogP contribution in [0.15, 0.2) is 161 Å². The van der Waals surface area contributed by atoms with Crippen molar-refractivity contribution in [1.29, 1.82) is 0 Å². The SMILES string of the molecule is Nc1cccc2c(S(=O)(=O)NCc3ccc(-c4ccccc4)cc3)cccc12.Nc1cccc2c(S(=O)(=O)NCc3ccc(C(F)(F)F)cc3)cccc12. The molecule has 0 aliphatic carbocycles. The summed E-state index contributed by atoms with van der Waals surface area (Å²) in [4.78, 5) is 0.299. The van der Waals surface area contributed by atoms with Gasteiger partial charge in [0.1, 0.15) is 0 Å². The predicted molar refractivity (Wildman–Crippen MR) is 208 cm³/mol. The van der Waals surface area contributed by atoms with E-state index < -0.39 is 31.8 Å². The molecular formula is C41H35F3N4O4S2. The van der Waals surface area contributed by atoms with E-state index in [0.29, 0.717) is 33.1 Å². The molecule has 7 rings (SSSR count). The second-order valence-corrected chi connectivity index (χ2v) is 15.8. The van der Waals surface area contributed by atoms with E-state index in [9.17, 15) is 30.0 Å². The molecule has 0 radical (unpaired) electrons. The third kappa shape index (κ3) is 8.72. The number of fused-ring (bicyclic) bond motifs is 2. The second-order valence-electron chi connectivity index (χ2n) is 12.3. The Morgan fingerprint density at radius 3 is 1.28 bits per heavy atom. The number of nitrogen functional groups attached to an aromatic ring is 2. The highest BCUT2D eigenvalue weighted by Crippen LogP contribution is 2.30. The monoisotopic (exact) mass is 768 g/mol. The molecule has 8 nitrogen and oxygen atoms in total. The molecule has 0 aromatic heterocycles. The summed E-state index contributed by atoms with van der Waals surface area (Å²) in [7, 11) is -7.54. The van der Waals surface area contributed by atoms with E-state index in [4.69, 9.17) is 11.5 Å². The van der Waals surface area contributed by atoms with Crippen molar-refractivity contribution in [2.75, 3.05) is 11.5 Å². The maximum atomic E-state index is 12.9. The minimum absolute atomic E-state index is 0.0641. The molecule has 0 unspecified atom stereocenters. The Balaban J connectivity index is 0.000000185. The summed E-state index contributed by atoms with van der Waals surface area (Å²) in [5, 5.41) is 2.45. The van der Waals surface area contributed by atoms with E-state index in [-0.39, 0.29) is 22.9 Å². The van der Waals surface area contributed by atoms with Gasteiger partial charge >= 0.3 is 6.18 Å². The fourth-order valence-corrected chi connectivity index (χ4v) is 8.32. The van der Waals surface area contributed by atoms with Gasteiger partial charge in [0, 0.05) is 46.0 Å². The molecule has 0 spiro atoms. The topological polar surface area (TPSA) is 144 Å². The van der Waals surface area contributed by atoms with Crippen molar-refractivity contribution in [3.05, 3.63) is 168 Å². The van der Waals surface area contributed by atoms with E-state index in [0.717, 1.165) is 34.2 Å². The molecule has 0 aliphatic rings. The van der Waals surface area contributed by atoms with Crippen LogP contribution in [-0.4, -0.2) is 16.8 Å². The molecule has 0 atom stereocenters. The number of benzene rings is 7. The quantitative estimate of drug-likeness (QED) is 0.109. The van der Waals surface area contributed by atoms with Crippen molar-refractivity contribution in [1.82, 2.24) is 9.44 Å². The first kappa shape index (κ1) is 38.0. The molecule has 0 bridgehead atoms. The van der Waals surface area contributed by atoms with Crippen LogP contribution in [0.5, 0.6) is 0 Å². The molecule has 0 fully saturated rings. The largest absolute Gasteiger partial charge is 0.416 e. The standard InChI is InChI=1S/C23H20N2O2S.C18H15F3N2O2S/c24-22-10-4-9-21-20(22)8-5-11-23(21)28(26,27)25-16-17-12-14-19(15-13-17)18-6-2-1-3-7-18;19-18(20,21)13-9-7-12(8-10-13)11-23-26(24,25)17-6-2-3-14-15(17)4-1-5-16(14)22/h1-15,25H,16,24H2;1-10,23H,11,22H2. The summed E-state index contributed by atoms with van der Waals surface area (Å²) in [5.74, 6) is 0. The zero-order chi connectivity index (χ0) is 38.5. The van der Waals surface area contributed by atoms with Gasteiger partial charge in [-0.3, -0.25) is 0 Å². The highest BCUT2D eigenvalue weighted by atomic mass is 32.2. The van der Waals surface area contributed by atoms with Crippen molar-refractivity contribution in [2.45, 2.75) is 29.1 Å². The van der Waals surface area contributed by atoms with Crippen LogP contribution < -0.4 is 20.9 Å². The van der Waals surface area contributed by atoms with Crippen LogP contribution in [-0.2, 0) is 39.3 Å². The van der Waals surface area contributed by atoms with Gasteiger partial charge in [0.15, 0.2) is 0 Å². The number of nitrogens with two attached hydrogens (primary N) is 2. The molecule has 0 aliphatic heterocycles. The smallest absolute Gasteiger partial charge is 0.398 e. The maximum Gasteiger partial charge on any atom is 0.416 e. The van der Waals surface area contributed by atoms with E-state index in [1.807, 2.05) is 60.7 Å². The van der Waals surface area contributed by atoms with Crippen molar-refractivity contribution in [3.8, 4) is 11.1 Å². The lowest BCUT2D eigenvalue weighted by Gasteiger charge is -2.11. The van der Waals surface area contributed by atoms with Gasteiger partial charge in [-0.1, -0.05) is 115 Å². The predicted octanol–water partition coefficient (Wildman–Crippen LogP) is 8.49. The molecule has 0 saturated heterocycles. The summed E-state index contributed by atoms with van der Waals surface area (Å²) < 4.78 is 93.8. The number of anilines is 2. The number of halogens is 3. The maximum absolute atomic E-state index is 12.9.